The molecule has 2 fully saturated rings. The van der Waals surface area contributed by atoms with Crippen molar-refractivity contribution in [3.05, 3.63) is 18.2 Å². The molecule has 2 heterocycles. The second-order valence-corrected chi connectivity index (χ2v) is 7.45. The van der Waals surface area contributed by atoms with E-state index in [4.69, 9.17) is 16.2 Å². The van der Waals surface area contributed by atoms with Crippen molar-refractivity contribution < 1.29 is 9.53 Å². The van der Waals surface area contributed by atoms with Crippen LogP contribution in [-0.2, 0) is 16.1 Å². The molecule has 1 saturated heterocycles. The Labute approximate surface area is 153 Å². The SMILES string of the molecule is CN(C(=O)C1CCCCC1)c1ccc2c(c1)nc(N)n2CCC1OC1N. The van der Waals surface area contributed by atoms with Gasteiger partial charge in [-0.3, -0.25) is 4.79 Å². The van der Waals surface area contributed by atoms with Crippen LogP contribution in [0.15, 0.2) is 18.2 Å². The quantitative estimate of drug-likeness (QED) is 0.799. The second kappa shape index (κ2) is 6.89. The third-order valence-corrected chi connectivity index (χ3v) is 5.69. The van der Waals surface area contributed by atoms with E-state index >= 15 is 0 Å². The van der Waals surface area contributed by atoms with E-state index in [1.807, 2.05) is 29.8 Å². The molecule has 140 valence electrons. The Bertz CT molecular complexity index is 812. The summed E-state index contributed by atoms with van der Waals surface area (Å²) in [6, 6.07) is 5.91. The van der Waals surface area contributed by atoms with Crippen molar-refractivity contribution in [2.24, 2.45) is 11.7 Å². The predicted octanol–water partition coefficient (Wildman–Crippen LogP) is 2.24. The van der Waals surface area contributed by atoms with Crippen LogP contribution in [0.4, 0.5) is 11.6 Å². The standard InChI is InChI=1S/C19H27N5O2/c1-23(18(25)12-5-3-2-4-6-12)13-7-8-15-14(11-13)22-19(21)24(15)10-9-16-17(20)26-16/h7-8,11-12,16-17H,2-6,9-10,20H2,1H3,(H2,21,22). The number of nitrogens with two attached hydrogens (primary N) is 2. The lowest BCUT2D eigenvalue weighted by molar-refractivity contribution is -0.123. The summed E-state index contributed by atoms with van der Waals surface area (Å²) in [7, 11) is 1.85. The van der Waals surface area contributed by atoms with E-state index in [-0.39, 0.29) is 24.2 Å². The highest BCUT2D eigenvalue weighted by atomic mass is 16.6. The molecule has 7 nitrogen and oxygen atoms in total. The van der Waals surface area contributed by atoms with Gasteiger partial charge in [0.25, 0.3) is 0 Å². The molecule has 2 atom stereocenters. The summed E-state index contributed by atoms with van der Waals surface area (Å²) < 4.78 is 7.24. The fourth-order valence-corrected chi connectivity index (χ4v) is 3.98. The number of aryl methyl sites for hydroxylation is 1. The molecule has 7 heteroatoms. The number of imidazole rings is 1. The Balaban J connectivity index is 1.52. The topological polar surface area (TPSA) is 103 Å². The van der Waals surface area contributed by atoms with Crippen LogP contribution in [0.3, 0.4) is 0 Å². The van der Waals surface area contributed by atoms with Crippen molar-refractivity contribution in [2.45, 2.75) is 57.4 Å². The zero-order valence-electron chi connectivity index (χ0n) is 15.2. The van der Waals surface area contributed by atoms with Crippen molar-refractivity contribution in [2.75, 3.05) is 17.7 Å². The first-order chi connectivity index (χ1) is 12.5. The van der Waals surface area contributed by atoms with Gasteiger partial charge in [-0.2, -0.15) is 0 Å². The van der Waals surface area contributed by atoms with Gasteiger partial charge in [-0.05, 0) is 37.5 Å². The molecule has 1 aliphatic carbocycles. The van der Waals surface area contributed by atoms with Crippen LogP contribution < -0.4 is 16.4 Å². The van der Waals surface area contributed by atoms with E-state index in [1.165, 1.54) is 6.42 Å². The average molecular weight is 357 g/mol. The average Bonchev–Trinajstić information content (AvgIpc) is 3.27. The number of nitrogen functional groups attached to an aromatic ring is 1. The van der Waals surface area contributed by atoms with Crippen LogP contribution in [-0.4, -0.2) is 34.8 Å². The maximum Gasteiger partial charge on any atom is 0.229 e. The van der Waals surface area contributed by atoms with Gasteiger partial charge in [-0.1, -0.05) is 19.3 Å². The monoisotopic (exact) mass is 357 g/mol. The summed E-state index contributed by atoms with van der Waals surface area (Å²) in [5, 5.41) is 0. The molecule has 0 radical (unpaired) electrons. The Kier molecular flexibility index (Phi) is 4.58. The number of fused-ring (bicyclic) bond motifs is 1. The van der Waals surface area contributed by atoms with Crippen LogP contribution in [0.25, 0.3) is 11.0 Å². The molecule has 26 heavy (non-hydrogen) atoms. The highest BCUT2D eigenvalue weighted by Crippen LogP contribution is 2.29. The summed E-state index contributed by atoms with van der Waals surface area (Å²) in [6.07, 6.45) is 6.34. The minimum atomic E-state index is -0.142. The van der Waals surface area contributed by atoms with Crippen LogP contribution in [0.1, 0.15) is 38.5 Å². The molecule has 2 aliphatic rings. The first kappa shape index (κ1) is 17.3. The first-order valence-corrected chi connectivity index (χ1v) is 9.49. The number of rotatable bonds is 5. The molecule has 1 aromatic heterocycles. The number of carbonyl (C=O) groups excluding carboxylic acids is 1. The Hall–Kier alpha value is -2.12. The molecule has 2 aromatic rings. The number of epoxide rings is 1. The Morgan fingerprint density at radius 2 is 2.08 bits per heavy atom. The lowest BCUT2D eigenvalue weighted by Gasteiger charge is -2.26. The highest BCUT2D eigenvalue weighted by Gasteiger charge is 2.34. The number of hydrogen-bond donors (Lipinski definition) is 2. The van der Waals surface area contributed by atoms with Crippen LogP contribution >= 0.6 is 0 Å². The molecule has 2 unspecified atom stereocenters. The van der Waals surface area contributed by atoms with Crippen molar-refractivity contribution in [3.8, 4) is 0 Å². The van der Waals surface area contributed by atoms with Gasteiger partial charge in [-0.15, -0.1) is 0 Å². The number of carbonyl (C=O) groups is 1. The Morgan fingerprint density at radius 3 is 2.77 bits per heavy atom. The fourth-order valence-electron chi connectivity index (χ4n) is 3.98. The number of benzene rings is 1. The molecule has 4 rings (SSSR count). The smallest absolute Gasteiger partial charge is 0.229 e. The maximum absolute atomic E-state index is 12.8. The van der Waals surface area contributed by atoms with Gasteiger partial charge in [0.1, 0.15) is 12.3 Å². The number of anilines is 2. The molecule has 4 N–H and O–H groups in total. The van der Waals surface area contributed by atoms with Crippen LogP contribution in [0.2, 0.25) is 0 Å². The van der Waals surface area contributed by atoms with E-state index in [0.29, 0.717) is 5.95 Å². The summed E-state index contributed by atoms with van der Waals surface area (Å²) in [5.74, 6) is 0.832. The van der Waals surface area contributed by atoms with Gasteiger partial charge in [0.2, 0.25) is 11.9 Å². The molecule has 0 bridgehead atoms. The van der Waals surface area contributed by atoms with Crippen molar-refractivity contribution >= 4 is 28.6 Å². The summed E-state index contributed by atoms with van der Waals surface area (Å²) in [4.78, 5) is 19.0. The predicted molar refractivity (Wildman–Crippen MR) is 102 cm³/mol. The third-order valence-electron chi connectivity index (χ3n) is 5.69. The number of amides is 1. The van der Waals surface area contributed by atoms with E-state index in [9.17, 15) is 4.79 Å². The van der Waals surface area contributed by atoms with E-state index in [2.05, 4.69) is 4.98 Å². The van der Waals surface area contributed by atoms with E-state index < -0.39 is 0 Å². The second-order valence-electron chi connectivity index (χ2n) is 7.45. The number of nitrogens with zero attached hydrogens (tertiary/aromatic N) is 3. The molecular formula is C19H27N5O2. The highest BCUT2D eigenvalue weighted by molar-refractivity contribution is 5.96. The van der Waals surface area contributed by atoms with Gasteiger partial charge >= 0.3 is 0 Å². The number of aromatic nitrogens is 2. The zero-order chi connectivity index (χ0) is 18.3. The molecule has 1 amide bonds. The van der Waals surface area contributed by atoms with Crippen molar-refractivity contribution in [1.29, 1.82) is 0 Å². The van der Waals surface area contributed by atoms with Crippen molar-refractivity contribution in [3.63, 3.8) is 0 Å². The Morgan fingerprint density at radius 1 is 1.35 bits per heavy atom. The lowest BCUT2D eigenvalue weighted by Crippen LogP contribution is -2.33. The zero-order valence-corrected chi connectivity index (χ0v) is 15.2. The van der Waals surface area contributed by atoms with Crippen LogP contribution in [0.5, 0.6) is 0 Å². The van der Waals surface area contributed by atoms with Gasteiger partial charge in [-0.25, -0.2) is 4.98 Å². The number of ether oxygens (including phenoxy) is 1. The molecule has 0 spiro atoms. The van der Waals surface area contributed by atoms with Gasteiger partial charge in [0.15, 0.2) is 0 Å². The lowest BCUT2D eigenvalue weighted by atomic mass is 9.88. The van der Waals surface area contributed by atoms with E-state index in [0.717, 1.165) is 55.4 Å². The minimum absolute atomic E-state index is 0.116. The summed E-state index contributed by atoms with van der Waals surface area (Å²) in [5.41, 5.74) is 14.4. The molecular weight excluding hydrogens is 330 g/mol. The fraction of sp³-hybridized carbons (Fsp3) is 0.579. The van der Waals surface area contributed by atoms with Gasteiger partial charge in [0.05, 0.1) is 11.0 Å². The van der Waals surface area contributed by atoms with E-state index in [1.54, 1.807) is 4.90 Å². The summed E-state index contributed by atoms with van der Waals surface area (Å²) in [6.45, 7) is 0.719. The minimum Gasteiger partial charge on any atom is -0.369 e. The normalized spacial score (nSPS) is 23.3. The van der Waals surface area contributed by atoms with Gasteiger partial charge < -0.3 is 25.7 Å². The third kappa shape index (κ3) is 3.29. The molecule has 1 aliphatic heterocycles. The number of hydrogen-bond acceptors (Lipinski definition) is 5. The van der Waals surface area contributed by atoms with Crippen LogP contribution in [0, 0.1) is 5.92 Å². The molecule has 1 aromatic carbocycles. The van der Waals surface area contributed by atoms with Gasteiger partial charge in [0, 0.05) is 25.2 Å². The summed E-state index contributed by atoms with van der Waals surface area (Å²) >= 11 is 0. The largest absolute Gasteiger partial charge is 0.369 e. The van der Waals surface area contributed by atoms with Crippen molar-refractivity contribution in [1.82, 2.24) is 9.55 Å². The molecule has 1 saturated carbocycles. The first-order valence-electron chi connectivity index (χ1n) is 9.49. The maximum atomic E-state index is 12.8.